The third-order valence-corrected chi connectivity index (χ3v) is 7.41. The first-order valence-electron chi connectivity index (χ1n) is 10.1. The van der Waals surface area contributed by atoms with Crippen LogP contribution in [0.5, 0.6) is 5.75 Å². The summed E-state index contributed by atoms with van der Waals surface area (Å²) in [6, 6.07) is 14.6. The van der Waals surface area contributed by atoms with Crippen molar-refractivity contribution in [3.05, 3.63) is 59.1 Å². The Morgan fingerprint density at radius 2 is 1.63 bits per heavy atom. The SMILES string of the molecule is COc1ccc(N2C(=O)[C@@H]3[C@H]4C[C@@H]([C@H]5ON=C(c6ccc(Cl)cc6)[C@@H]45)[C@H]3C2=O)cc1. The Bertz CT molecular complexity index is 1080. The average molecular weight is 423 g/mol. The quantitative estimate of drug-likeness (QED) is 0.710. The van der Waals surface area contributed by atoms with E-state index in [0.717, 1.165) is 17.7 Å². The highest BCUT2D eigenvalue weighted by atomic mass is 35.5. The highest BCUT2D eigenvalue weighted by Gasteiger charge is 2.70. The van der Waals surface area contributed by atoms with Crippen LogP contribution in [0.3, 0.4) is 0 Å². The molecule has 2 aliphatic carbocycles. The van der Waals surface area contributed by atoms with Crippen LogP contribution in [0, 0.1) is 29.6 Å². The standard InChI is InChI=1S/C23H19ClN2O4/c1-29-14-8-6-13(7-9-14)26-22(27)17-15-10-16(18(17)23(26)28)21-19(15)20(25-30-21)11-2-4-12(24)5-3-11/h2-9,15-19,21H,10H2,1H3/t15-,16-,17-,18-,19-,21-/m1/s1. The van der Waals surface area contributed by atoms with E-state index in [1.807, 2.05) is 24.3 Å². The smallest absolute Gasteiger partial charge is 0.238 e. The van der Waals surface area contributed by atoms with Gasteiger partial charge in [0.2, 0.25) is 11.8 Å². The molecule has 0 spiro atoms. The second-order valence-corrected chi connectivity index (χ2v) is 8.84. The van der Waals surface area contributed by atoms with Crippen molar-refractivity contribution >= 4 is 34.8 Å². The number of methoxy groups -OCH3 is 1. The third kappa shape index (κ3) is 2.28. The summed E-state index contributed by atoms with van der Waals surface area (Å²) in [7, 11) is 1.59. The minimum Gasteiger partial charge on any atom is -0.497 e. The molecule has 2 aromatic carbocycles. The van der Waals surface area contributed by atoms with E-state index in [1.165, 1.54) is 4.90 Å². The summed E-state index contributed by atoms with van der Waals surface area (Å²) in [5.41, 5.74) is 2.42. The van der Waals surface area contributed by atoms with E-state index in [-0.39, 0.29) is 47.5 Å². The van der Waals surface area contributed by atoms with Crippen molar-refractivity contribution in [1.82, 2.24) is 0 Å². The first kappa shape index (κ1) is 18.0. The number of ether oxygens (including phenoxy) is 1. The number of nitrogens with zero attached hydrogens (tertiary/aromatic N) is 2. The fourth-order valence-corrected chi connectivity index (χ4v) is 6.10. The Kier molecular flexibility index (Phi) is 3.78. The van der Waals surface area contributed by atoms with Crippen LogP contribution < -0.4 is 9.64 Å². The van der Waals surface area contributed by atoms with Gasteiger partial charge in [0, 0.05) is 16.9 Å². The molecule has 6 rings (SSSR count). The van der Waals surface area contributed by atoms with Gasteiger partial charge in [-0.05, 0) is 54.3 Å². The molecule has 2 saturated carbocycles. The molecule has 7 heteroatoms. The van der Waals surface area contributed by atoms with Gasteiger partial charge in [-0.15, -0.1) is 0 Å². The Morgan fingerprint density at radius 1 is 0.967 bits per heavy atom. The molecule has 152 valence electrons. The van der Waals surface area contributed by atoms with Crippen molar-refractivity contribution in [2.45, 2.75) is 12.5 Å². The lowest BCUT2D eigenvalue weighted by atomic mass is 9.71. The molecule has 2 bridgehead atoms. The Labute approximate surface area is 178 Å². The lowest BCUT2D eigenvalue weighted by molar-refractivity contribution is -0.125. The van der Waals surface area contributed by atoms with Crippen LogP contribution in [0.25, 0.3) is 0 Å². The normalized spacial score (nSPS) is 33.4. The minimum absolute atomic E-state index is 0.0123. The zero-order chi connectivity index (χ0) is 20.6. The van der Waals surface area contributed by atoms with Crippen LogP contribution in [0.1, 0.15) is 12.0 Å². The zero-order valence-corrected chi connectivity index (χ0v) is 17.0. The van der Waals surface area contributed by atoms with Crippen LogP contribution in [-0.2, 0) is 14.4 Å². The summed E-state index contributed by atoms with van der Waals surface area (Å²) in [4.78, 5) is 33.9. The largest absolute Gasteiger partial charge is 0.497 e. The van der Waals surface area contributed by atoms with Gasteiger partial charge in [-0.25, -0.2) is 0 Å². The van der Waals surface area contributed by atoms with Crippen molar-refractivity contribution in [3.63, 3.8) is 0 Å². The van der Waals surface area contributed by atoms with Crippen molar-refractivity contribution in [2.24, 2.45) is 34.7 Å². The summed E-state index contributed by atoms with van der Waals surface area (Å²) in [5, 5.41) is 5.02. The highest BCUT2D eigenvalue weighted by molar-refractivity contribution is 6.30. The molecule has 3 fully saturated rings. The number of carbonyl (C=O) groups excluding carboxylic acids is 2. The van der Waals surface area contributed by atoms with E-state index in [2.05, 4.69) is 5.16 Å². The molecule has 0 unspecified atom stereocenters. The van der Waals surface area contributed by atoms with Crippen LogP contribution >= 0.6 is 11.6 Å². The predicted molar refractivity (Wildman–Crippen MR) is 110 cm³/mol. The fraction of sp³-hybridized carbons (Fsp3) is 0.348. The maximum absolute atomic E-state index is 13.4. The number of hydrogen-bond donors (Lipinski definition) is 0. The Morgan fingerprint density at radius 3 is 2.30 bits per heavy atom. The van der Waals surface area contributed by atoms with Gasteiger partial charge < -0.3 is 9.57 Å². The lowest BCUT2D eigenvalue weighted by Gasteiger charge is -2.29. The van der Waals surface area contributed by atoms with Gasteiger partial charge in [0.25, 0.3) is 0 Å². The van der Waals surface area contributed by atoms with Gasteiger partial charge in [-0.1, -0.05) is 28.9 Å². The molecule has 4 aliphatic rings. The summed E-state index contributed by atoms with van der Waals surface area (Å²) in [5.74, 6) is -0.0847. The van der Waals surface area contributed by atoms with Crippen LogP contribution in [0.2, 0.25) is 5.02 Å². The first-order valence-corrected chi connectivity index (χ1v) is 10.5. The van der Waals surface area contributed by atoms with Gasteiger partial charge in [0.05, 0.1) is 30.3 Å². The molecule has 2 aliphatic heterocycles. The predicted octanol–water partition coefficient (Wildman–Crippen LogP) is 3.52. The van der Waals surface area contributed by atoms with Crippen LogP contribution in [0.4, 0.5) is 5.69 Å². The van der Waals surface area contributed by atoms with E-state index < -0.39 is 0 Å². The molecule has 0 radical (unpaired) electrons. The molecule has 1 saturated heterocycles. The van der Waals surface area contributed by atoms with Crippen molar-refractivity contribution in [3.8, 4) is 5.75 Å². The monoisotopic (exact) mass is 422 g/mol. The van der Waals surface area contributed by atoms with Gasteiger partial charge >= 0.3 is 0 Å². The van der Waals surface area contributed by atoms with E-state index in [4.69, 9.17) is 21.2 Å². The molecular formula is C23H19ClN2O4. The number of halogens is 1. The molecule has 6 nitrogen and oxygen atoms in total. The average Bonchev–Trinajstić information content (AvgIpc) is 3.49. The summed E-state index contributed by atoms with van der Waals surface area (Å²) in [6.45, 7) is 0. The second-order valence-electron chi connectivity index (χ2n) is 8.40. The number of imide groups is 1. The van der Waals surface area contributed by atoms with Gasteiger partial charge in [0.1, 0.15) is 11.9 Å². The first-order chi connectivity index (χ1) is 14.6. The number of hydrogen-bond acceptors (Lipinski definition) is 5. The van der Waals surface area contributed by atoms with Gasteiger partial charge in [-0.3, -0.25) is 14.5 Å². The van der Waals surface area contributed by atoms with E-state index >= 15 is 0 Å². The number of fused-ring (bicyclic) bond motifs is 8. The van der Waals surface area contributed by atoms with E-state index in [0.29, 0.717) is 16.5 Å². The molecule has 2 heterocycles. The Hall–Kier alpha value is -2.86. The van der Waals surface area contributed by atoms with Gasteiger partial charge in [0.15, 0.2) is 0 Å². The zero-order valence-electron chi connectivity index (χ0n) is 16.2. The number of amides is 2. The lowest BCUT2D eigenvalue weighted by Crippen LogP contribution is -2.41. The van der Waals surface area contributed by atoms with E-state index in [9.17, 15) is 9.59 Å². The number of benzene rings is 2. The molecule has 6 atom stereocenters. The van der Waals surface area contributed by atoms with Crippen molar-refractivity contribution < 1.29 is 19.2 Å². The molecule has 0 N–H and O–H groups in total. The summed E-state index contributed by atoms with van der Waals surface area (Å²) in [6.07, 6.45) is 0.681. The third-order valence-electron chi connectivity index (χ3n) is 7.16. The fourth-order valence-electron chi connectivity index (χ4n) is 5.97. The molecule has 30 heavy (non-hydrogen) atoms. The summed E-state index contributed by atoms with van der Waals surface area (Å²) < 4.78 is 5.19. The van der Waals surface area contributed by atoms with E-state index in [1.54, 1.807) is 31.4 Å². The number of carbonyl (C=O) groups is 2. The number of oxime groups is 1. The maximum atomic E-state index is 13.4. The molecule has 2 amide bonds. The summed E-state index contributed by atoms with van der Waals surface area (Å²) >= 11 is 6.03. The van der Waals surface area contributed by atoms with Crippen LogP contribution in [-0.4, -0.2) is 30.7 Å². The molecule has 0 aromatic heterocycles. The second kappa shape index (κ2) is 6.32. The molecular weight excluding hydrogens is 404 g/mol. The number of anilines is 1. The van der Waals surface area contributed by atoms with Gasteiger partial charge in [-0.2, -0.15) is 0 Å². The topological polar surface area (TPSA) is 68.2 Å². The minimum atomic E-state index is -0.328. The van der Waals surface area contributed by atoms with Crippen molar-refractivity contribution in [1.29, 1.82) is 0 Å². The Balaban J connectivity index is 1.33. The maximum Gasteiger partial charge on any atom is 0.238 e. The highest BCUT2D eigenvalue weighted by Crippen LogP contribution is 2.62. The van der Waals surface area contributed by atoms with Crippen molar-refractivity contribution in [2.75, 3.05) is 12.0 Å². The number of rotatable bonds is 3. The molecule has 2 aromatic rings. The van der Waals surface area contributed by atoms with Crippen LogP contribution in [0.15, 0.2) is 53.7 Å².